The Labute approximate surface area is 225 Å². The second-order valence-corrected chi connectivity index (χ2v) is 10.2. The molecule has 1 unspecified atom stereocenters. The lowest BCUT2D eigenvalue weighted by Gasteiger charge is -2.35. The molecule has 0 spiro atoms. The van der Waals surface area contributed by atoms with Crippen molar-refractivity contribution in [2.75, 3.05) is 33.4 Å². The van der Waals surface area contributed by atoms with Crippen LogP contribution in [0.4, 0.5) is 0 Å². The minimum atomic E-state index is -0.294. The third-order valence-electron chi connectivity index (χ3n) is 6.89. The topological polar surface area (TPSA) is 88.8 Å². The molecule has 1 fully saturated rings. The molecule has 1 atom stereocenters. The molecule has 204 valence electrons. The smallest absolute Gasteiger partial charge is 0.249 e. The molecule has 37 heavy (non-hydrogen) atoms. The van der Waals surface area contributed by atoms with E-state index in [-0.39, 0.29) is 24.4 Å². The minimum Gasteiger partial charge on any atom is -0.383 e. The number of rotatable bonds is 15. The van der Waals surface area contributed by atoms with Crippen molar-refractivity contribution in [1.29, 1.82) is 0 Å². The molecular weight excluding hydrogens is 492 g/mol. The van der Waals surface area contributed by atoms with Gasteiger partial charge in [0.15, 0.2) is 0 Å². The van der Waals surface area contributed by atoms with E-state index in [2.05, 4.69) is 17.1 Å². The van der Waals surface area contributed by atoms with E-state index in [1.807, 2.05) is 12.1 Å². The number of aromatic nitrogens is 2. The Hall–Kier alpha value is -2.45. The number of ether oxygens (including phenoxy) is 1. The third kappa shape index (κ3) is 9.11. The van der Waals surface area contributed by atoms with Crippen molar-refractivity contribution in [3.8, 4) is 11.4 Å². The van der Waals surface area contributed by atoms with Crippen molar-refractivity contribution < 1.29 is 18.8 Å². The Morgan fingerprint density at radius 3 is 2.57 bits per heavy atom. The number of methoxy groups -OCH3 is 1. The van der Waals surface area contributed by atoms with Gasteiger partial charge in [-0.1, -0.05) is 62.2 Å². The number of halogens is 1. The molecule has 0 radical (unpaired) electrons. The summed E-state index contributed by atoms with van der Waals surface area (Å²) in [5.74, 6) is 0.808. The number of nitrogens with zero attached hydrogens (tertiary/aromatic N) is 4. The SMILES string of the molecule is CCCCCCCCCC(=O)N(CCOC)CC(=O)N1CCCCC1c1nc(-c2ccc(Cl)cc2)no1. The van der Waals surface area contributed by atoms with Crippen LogP contribution >= 0.6 is 11.6 Å². The largest absolute Gasteiger partial charge is 0.383 e. The summed E-state index contributed by atoms with van der Waals surface area (Å²) in [6, 6.07) is 6.94. The molecule has 0 bridgehead atoms. The lowest BCUT2D eigenvalue weighted by molar-refractivity contribution is -0.143. The highest BCUT2D eigenvalue weighted by Gasteiger charge is 2.33. The Bertz CT molecular complexity index is 965. The molecule has 1 aromatic heterocycles. The first-order chi connectivity index (χ1) is 18.0. The molecule has 9 heteroatoms. The van der Waals surface area contributed by atoms with Gasteiger partial charge in [0.05, 0.1) is 13.2 Å². The van der Waals surface area contributed by atoms with E-state index in [1.165, 1.54) is 25.7 Å². The maximum absolute atomic E-state index is 13.4. The summed E-state index contributed by atoms with van der Waals surface area (Å²) in [6.07, 6.45) is 11.1. The van der Waals surface area contributed by atoms with Crippen molar-refractivity contribution in [2.24, 2.45) is 0 Å². The van der Waals surface area contributed by atoms with Gasteiger partial charge >= 0.3 is 0 Å². The fourth-order valence-electron chi connectivity index (χ4n) is 4.71. The number of benzene rings is 1. The van der Waals surface area contributed by atoms with Crippen LogP contribution in [0.3, 0.4) is 0 Å². The third-order valence-corrected chi connectivity index (χ3v) is 7.14. The van der Waals surface area contributed by atoms with E-state index in [4.69, 9.17) is 20.9 Å². The average Bonchev–Trinajstić information content (AvgIpc) is 3.41. The molecule has 1 aromatic carbocycles. The molecule has 0 saturated carbocycles. The quantitative estimate of drug-likeness (QED) is 0.259. The van der Waals surface area contributed by atoms with Crippen molar-refractivity contribution in [1.82, 2.24) is 19.9 Å². The average molecular weight is 533 g/mol. The van der Waals surface area contributed by atoms with E-state index in [0.29, 0.717) is 42.9 Å². The van der Waals surface area contributed by atoms with Crippen LogP contribution in [0, 0.1) is 0 Å². The Morgan fingerprint density at radius 2 is 1.84 bits per heavy atom. The first-order valence-corrected chi connectivity index (χ1v) is 14.1. The lowest BCUT2D eigenvalue weighted by Crippen LogP contribution is -2.46. The maximum atomic E-state index is 13.4. The van der Waals surface area contributed by atoms with E-state index in [9.17, 15) is 9.59 Å². The number of hydrogen-bond donors (Lipinski definition) is 0. The molecule has 1 saturated heterocycles. The van der Waals surface area contributed by atoms with Gasteiger partial charge in [0.2, 0.25) is 23.5 Å². The van der Waals surface area contributed by atoms with Crippen molar-refractivity contribution in [2.45, 2.75) is 83.6 Å². The van der Waals surface area contributed by atoms with Crippen LogP contribution in [0.5, 0.6) is 0 Å². The number of likely N-dealkylation sites (tertiary alicyclic amines) is 1. The summed E-state index contributed by atoms with van der Waals surface area (Å²) in [5, 5.41) is 4.77. The number of carbonyl (C=O) groups excluding carboxylic acids is 2. The molecule has 2 heterocycles. The van der Waals surface area contributed by atoms with Crippen molar-refractivity contribution in [3.63, 3.8) is 0 Å². The summed E-state index contributed by atoms with van der Waals surface area (Å²) in [5.41, 5.74) is 0.801. The molecule has 0 N–H and O–H groups in total. The van der Waals surface area contributed by atoms with Gasteiger partial charge in [0.1, 0.15) is 6.04 Å². The first kappa shape index (κ1) is 29.1. The fourth-order valence-corrected chi connectivity index (χ4v) is 4.84. The predicted octanol–water partition coefficient (Wildman–Crippen LogP) is 6.06. The Morgan fingerprint density at radius 1 is 1.11 bits per heavy atom. The fraction of sp³-hybridized carbons (Fsp3) is 0.643. The highest BCUT2D eigenvalue weighted by molar-refractivity contribution is 6.30. The molecular formula is C28H41ClN4O4. The first-order valence-electron chi connectivity index (χ1n) is 13.7. The Kier molecular flexibility index (Phi) is 12.4. The zero-order chi connectivity index (χ0) is 26.5. The van der Waals surface area contributed by atoms with Crippen molar-refractivity contribution in [3.05, 3.63) is 35.2 Å². The normalized spacial score (nSPS) is 15.6. The van der Waals surface area contributed by atoms with Gasteiger partial charge in [-0.2, -0.15) is 4.98 Å². The monoisotopic (exact) mass is 532 g/mol. The molecule has 3 rings (SSSR count). The number of hydrogen-bond acceptors (Lipinski definition) is 6. The van der Waals surface area contributed by atoms with Gasteiger partial charge in [0.25, 0.3) is 0 Å². The summed E-state index contributed by atoms with van der Waals surface area (Å²) in [6.45, 7) is 3.64. The number of carbonyl (C=O) groups is 2. The van der Waals surface area contributed by atoms with E-state index in [0.717, 1.165) is 44.1 Å². The summed E-state index contributed by atoms with van der Waals surface area (Å²) in [4.78, 5) is 34.5. The van der Waals surface area contributed by atoms with E-state index in [1.54, 1.807) is 29.0 Å². The zero-order valence-electron chi connectivity index (χ0n) is 22.3. The molecule has 1 aliphatic heterocycles. The number of piperidine rings is 1. The molecule has 2 aromatic rings. The van der Waals surface area contributed by atoms with Gasteiger partial charge in [-0.25, -0.2) is 0 Å². The van der Waals surface area contributed by atoms with Crippen LogP contribution in [0.15, 0.2) is 28.8 Å². The second-order valence-electron chi connectivity index (χ2n) is 9.74. The maximum Gasteiger partial charge on any atom is 0.249 e. The van der Waals surface area contributed by atoms with Crippen LogP contribution < -0.4 is 0 Å². The van der Waals surface area contributed by atoms with Crippen LogP contribution in [0.2, 0.25) is 5.02 Å². The molecule has 2 amide bonds. The van der Waals surface area contributed by atoms with E-state index < -0.39 is 0 Å². The van der Waals surface area contributed by atoms with Gasteiger partial charge in [-0.05, 0) is 49.9 Å². The van der Waals surface area contributed by atoms with Crippen LogP contribution in [0.25, 0.3) is 11.4 Å². The standard InChI is InChI=1S/C28H41ClN4O4/c1-3-4-5-6-7-8-9-13-25(34)32(19-20-36-2)21-26(35)33-18-11-10-12-24(33)28-30-27(31-37-28)22-14-16-23(29)17-15-22/h14-17,24H,3-13,18-21H2,1-2H3. The number of amides is 2. The molecule has 1 aliphatic rings. The molecule has 8 nitrogen and oxygen atoms in total. The zero-order valence-corrected chi connectivity index (χ0v) is 23.0. The Balaban J connectivity index is 1.60. The van der Waals surface area contributed by atoms with E-state index >= 15 is 0 Å². The highest BCUT2D eigenvalue weighted by atomic mass is 35.5. The summed E-state index contributed by atoms with van der Waals surface area (Å²) in [7, 11) is 1.61. The predicted molar refractivity (Wildman–Crippen MR) is 144 cm³/mol. The van der Waals surface area contributed by atoms with Crippen LogP contribution in [-0.4, -0.2) is 65.1 Å². The second kappa shape index (κ2) is 15.7. The van der Waals surface area contributed by atoms with Gasteiger partial charge in [-0.3, -0.25) is 9.59 Å². The highest BCUT2D eigenvalue weighted by Crippen LogP contribution is 2.31. The van der Waals surface area contributed by atoms with Gasteiger partial charge < -0.3 is 19.1 Å². The van der Waals surface area contributed by atoms with Gasteiger partial charge in [0, 0.05) is 37.2 Å². The minimum absolute atomic E-state index is 0.00957. The van der Waals surface area contributed by atoms with Crippen LogP contribution in [-0.2, 0) is 14.3 Å². The summed E-state index contributed by atoms with van der Waals surface area (Å²) >= 11 is 5.99. The molecule has 0 aliphatic carbocycles. The lowest BCUT2D eigenvalue weighted by atomic mass is 10.0. The number of unbranched alkanes of at least 4 members (excludes halogenated alkanes) is 6. The summed E-state index contributed by atoms with van der Waals surface area (Å²) < 4.78 is 10.8. The van der Waals surface area contributed by atoms with Gasteiger partial charge in [-0.15, -0.1) is 0 Å². The van der Waals surface area contributed by atoms with Crippen molar-refractivity contribution >= 4 is 23.4 Å². The van der Waals surface area contributed by atoms with Crippen LogP contribution in [0.1, 0.15) is 89.5 Å².